The van der Waals surface area contributed by atoms with Crippen molar-refractivity contribution in [3.8, 4) is 5.75 Å². The number of methoxy groups -OCH3 is 1. The largest absolute Gasteiger partial charge is 0.496 e. The third-order valence-electron chi connectivity index (χ3n) is 5.05. The molecule has 146 valence electrons. The topological polar surface area (TPSA) is 62.7 Å². The van der Waals surface area contributed by atoms with Crippen molar-refractivity contribution in [3.05, 3.63) is 59.4 Å². The van der Waals surface area contributed by atoms with Gasteiger partial charge in [0.15, 0.2) is 0 Å². The molecule has 2 heterocycles. The van der Waals surface area contributed by atoms with Gasteiger partial charge in [0.25, 0.3) is 10.2 Å². The van der Waals surface area contributed by atoms with Crippen molar-refractivity contribution in [2.45, 2.75) is 25.2 Å². The van der Waals surface area contributed by atoms with Crippen molar-refractivity contribution in [2.24, 2.45) is 0 Å². The van der Waals surface area contributed by atoms with E-state index in [0.29, 0.717) is 19.5 Å². The maximum atomic E-state index is 12.3. The second kappa shape index (κ2) is 8.37. The van der Waals surface area contributed by atoms with Gasteiger partial charge in [-0.1, -0.05) is 24.3 Å². The van der Waals surface area contributed by atoms with E-state index < -0.39 is 10.2 Å². The second-order valence-electron chi connectivity index (χ2n) is 7.01. The van der Waals surface area contributed by atoms with Crippen LogP contribution >= 0.6 is 0 Å². The van der Waals surface area contributed by atoms with E-state index in [1.54, 1.807) is 25.5 Å². The lowest BCUT2D eigenvalue weighted by Crippen LogP contribution is -2.44. The van der Waals surface area contributed by atoms with Crippen LogP contribution in [0.2, 0.25) is 0 Å². The molecule has 0 spiro atoms. The molecule has 0 aliphatic carbocycles. The number of piperidine rings is 1. The number of hydrogen-bond acceptors (Lipinski definition) is 4. The molecule has 1 aliphatic rings. The molecule has 3 rings (SSSR count). The summed E-state index contributed by atoms with van der Waals surface area (Å²) < 4.78 is 32.8. The van der Waals surface area contributed by atoms with Crippen LogP contribution in [0.25, 0.3) is 0 Å². The van der Waals surface area contributed by atoms with E-state index >= 15 is 0 Å². The Morgan fingerprint density at radius 2 is 1.81 bits per heavy atom. The molecule has 0 saturated carbocycles. The first-order chi connectivity index (χ1) is 12.9. The molecular weight excluding hydrogens is 362 g/mol. The van der Waals surface area contributed by atoms with Crippen molar-refractivity contribution < 1.29 is 13.2 Å². The zero-order valence-electron chi connectivity index (χ0n) is 16.1. The average molecular weight is 390 g/mol. The highest BCUT2D eigenvalue weighted by atomic mass is 32.2. The van der Waals surface area contributed by atoms with Crippen LogP contribution in [0.4, 0.5) is 0 Å². The molecule has 2 aromatic rings. The SMILES string of the molecule is COc1ccccc1Cc1cccc(C2CCN(S(=O)(=O)N(C)C)CC2)n1. The smallest absolute Gasteiger partial charge is 0.281 e. The van der Waals surface area contributed by atoms with Gasteiger partial charge in [0.1, 0.15) is 5.75 Å². The summed E-state index contributed by atoms with van der Waals surface area (Å²) in [5.74, 6) is 1.16. The number of ether oxygens (including phenoxy) is 1. The van der Waals surface area contributed by atoms with Crippen LogP contribution in [0.15, 0.2) is 42.5 Å². The molecule has 27 heavy (non-hydrogen) atoms. The summed E-state index contributed by atoms with van der Waals surface area (Å²) in [5.41, 5.74) is 3.15. The molecule has 1 saturated heterocycles. The van der Waals surface area contributed by atoms with Gasteiger partial charge >= 0.3 is 0 Å². The molecule has 0 bridgehead atoms. The monoisotopic (exact) mass is 389 g/mol. The van der Waals surface area contributed by atoms with Crippen molar-refractivity contribution >= 4 is 10.2 Å². The Kier molecular flexibility index (Phi) is 6.14. The quantitative estimate of drug-likeness (QED) is 0.762. The lowest BCUT2D eigenvalue weighted by molar-refractivity contribution is 0.300. The lowest BCUT2D eigenvalue weighted by atomic mass is 9.93. The Labute approximate surface area is 162 Å². The van der Waals surface area contributed by atoms with E-state index in [4.69, 9.17) is 9.72 Å². The van der Waals surface area contributed by atoms with Crippen LogP contribution in [-0.2, 0) is 16.6 Å². The Balaban J connectivity index is 1.70. The molecule has 0 N–H and O–H groups in total. The number of para-hydroxylation sites is 1. The highest BCUT2D eigenvalue weighted by Gasteiger charge is 2.30. The summed E-state index contributed by atoms with van der Waals surface area (Å²) in [6, 6.07) is 14.1. The minimum absolute atomic E-state index is 0.288. The molecule has 1 fully saturated rings. The molecule has 0 radical (unpaired) electrons. The summed E-state index contributed by atoms with van der Waals surface area (Å²) in [5, 5.41) is 0. The average Bonchev–Trinajstić information content (AvgIpc) is 2.68. The van der Waals surface area contributed by atoms with Gasteiger partial charge in [-0.05, 0) is 31.0 Å². The Morgan fingerprint density at radius 3 is 2.48 bits per heavy atom. The minimum atomic E-state index is -3.33. The number of pyridine rings is 1. The fourth-order valence-corrected chi connectivity index (χ4v) is 4.62. The van der Waals surface area contributed by atoms with Crippen molar-refractivity contribution in [1.29, 1.82) is 0 Å². The van der Waals surface area contributed by atoms with Gasteiger partial charge in [0.05, 0.1) is 7.11 Å². The summed E-state index contributed by atoms with van der Waals surface area (Å²) >= 11 is 0. The summed E-state index contributed by atoms with van der Waals surface area (Å²) in [4.78, 5) is 4.86. The normalized spacial score (nSPS) is 16.6. The Morgan fingerprint density at radius 1 is 1.11 bits per heavy atom. The summed E-state index contributed by atoms with van der Waals surface area (Å²) in [7, 11) is 1.50. The van der Waals surface area contributed by atoms with Crippen molar-refractivity contribution in [1.82, 2.24) is 13.6 Å². The van der Waals surface area contributed by atoms with Crippen LogP contribution in [0.3, 0.4) is 0 Å². The van der Waals surface area contributed by atoms with Gasteiger partial charge in [-0.2, -0.15) is 17.0 Å². The van der Waals surface area contributed by atoms with Gasteiger partial charge in [0.2, 0.25) is 0 Å². The Bertz CT molecular complexity index is 876. The maximum absolute atomic E-state index is 12.3. The predicted molar refractivity (Wildman–Crippen MR) is 106 cm³/mol. The maximum Gasteiger partial charge on any atom is 0.281 e. The van der Waals surface area contributed by atoms with E-state index in [-0.39, 0.29) is 5.92 Å². The highest BCUT2D eigenvalue weighted by molar-refractivity contribution is 7.86. The van der Waals surface area contributed by atoms with Gasteiger partial charge in [-0.25, -0.2) is 0 Å². The van der Waals surface area contributed by atoms with E-state index in [1.165, 1.54) is 4.31 Å². The van der Waals surface area contributed by atoms with Crippen LogP contribution in [-0.4, -0.2) is 56.3 Å². The first-order valence-corrected chi connectivity index (χ1v) is 10.6. The molecule has 6 nitrogen and oxygen atoms in total. The summed E-state index contributed by atoms with van der Waals surface area (Å²) in [6.07, 6.45) is 2.29. The number of nitrogens with zero attached hydrogens (tertiary/aromatic N) is 3. The summed E-state index contributed by atoms with van der Waals surface area (Å²) in [6.45, 7) is 1.06. The number of rotatable bonds is 6. The zero-order valence-corrected chi connectivity index (χ0v) is 16.9. The molecule has 0 unspecified atom stereocenters. The standard InChI is InChI=1S/C20H27N3O3S/c1-22(2)27(24,25)23-13-11-16(12-14-23)19-9-6-8-18(21-19)15-17-7-4-5-10-20(17)26-3/h4-10,16H,11-15H2,1-3H3. The minimum Gasteiger partial charge on any atom is -0.496 e. The fraction of sp³-hybridized carbons (Fsp3) is 0.450. The van der Waals surface area contributed by atoms with Crippen LogP contribution in [0, 0.1) is 0 Å². The van der Waals surface area contributed by atoms with E-state index in [1.807, 2.05) is 36.4 Å². The number of aromatic nitrogens is 1. The first-order valence-electron chi connectivity index (χ1n) is 9.17. The van der Waals surface area contributed by atoms with E-state index in [0.717, 1.165) is 35.5 Å². The van der Waals surface area contributed by atoms with Crippen LogP contribution in [0.5, 0.6) is 5.75 Å². The zero-order chi connectivity index (χ0) is 19.4. The molecular formula is C20H27N3O3S. The fourth-order valence-electron chi connectivity index (χ4n) is 3.48. The van der Waals surface area contributed by atoms with Gasteiger partial charge < -0.3 is 4.74 Å². The van der Waals surface area contributed by atoms with E-state index in [9.17, 15) is 8.42 Å². The van der Waals surface area contributed by atoms with Crippen molar-refractivity contribution in [2.75, 3.05) is 34.3 Å². The van der Waals surface area contributed by atoms with Crippen LogP contribution < -0.4 is 4.74 Å². The molecule has 7 heteroatoms. The first kappa shape index (κ1) is 19.8. The number of benzene rings is 1. The molecule has 0 atom stereocenters. The molecule has 1 aromatic carbocycles. The molecule has 1 aromatic heterocycles. The van der Waals surface area contributed by atoms with Gasteiger partial charge in [-0.3, -0.25) is 4.98 Å². The van der Waals surface area contributed by atoms with Crippen LogP contribution in [0.1, 0.15) is 35.7 Å². The van der Waals surface area contributed by atoms with E-state index in [2.05, 4.69) is 6.07 Å². The predicted octanol–water partition coefficient (Wildman–Crippen LogP) is 2.67. The third-order valence-corrected chi connectivity index (χ3v) is 6.99. The van der Waals surface area contributed by atoms with Gasteiger partial charge in [-0.15, -0.1) is 0 Å². The Hall–Kier alpha value is -1.96. The molecule has 0 amide bonds. The van der Waals surface area contributed by atoms with Crippen molar-refractivity contribution in [3.63, 3.8) is 0 Å². The highest BCUT2D eigenvalue weighted by Crippen LogP contribution is 2.29. The number of hydrogen-bond donors (Lipinski definition) is 0. The third kappa shape index (κ3) is 4.48. The second-order valence-corrected chi connectivity index (χ2v) is 9.15. The van der Waals surface area contributed by atoms with Gasteiger partial charge in [0, 0.05) is 56.5 Å². The lowest BCUT2D eigenvalue weighted by Gasteiger charge is -2.32. The molecule has 1 aliphatic heterocycles.